The average molecular weight is 244 g/mol. The van der Waals surface area contributed by atoms with E-state index in [0.717, 1.165) is 12.1 Å². The first-order chi connectivity index (χ1) is 8.06. The van der Waals surface area contributed by atoms with Gasteiger partial charge in [0.2, 0.25) is 0 Å². The molecule has 17 heavy (non-hydrogen) atoms. The summed E-state index contributed by atoms with van der Waals surface area (Å²) in [6, 6.07) is 1.86. The highest BCUT2D eigenvalue weighted by Gasteiger charge is 2.16. The maximum Gasteiger partial charge on any atom is 0.295 e. The van der Waals surface area contributed by atoms with Crippen LogP contribution in [-0.4, -0.2) is 25.2 Å². The monoisotopic (exact) mass is 244 g/mol. The van der Waals surface area contributed by atoms with E-state index in [2.05, 4.69) is 0 Å². The molecule has 0 aliphatic carbocycles. The number of hydrogen-bond acceptors (Lipinski definition) is 5. The second kappa shape index (κ2) is 6.00. The number of nitrogen functional groups attached to an aromatic ring is 1. The molecule has 0 atom stereocenters. The highest BCUT2D eigenvalue weighted by Crippen LogP contribution is 2.29. The van der Waals surface area contributed by atoms with Gasteiger partial charge in [0.15, 0.2) is 11.6 Å². The van der Waals surface area contributed by atoms with Gasteiger partial charge < -0.3 is 15.2 Å². The van der Waals surface area contributed by atoms with Crippen molar-refractivity contribution in [1.29, 1.82) is 0 Å². The Labute approximate surface area is 97.3 Å². The average Bonchev–Trinajstić information content (AvgIpc) is 2.28. The number of nitrogens with two attached hydrogens (primary N) is 1. The molecule has 1 aromatic carbocycles. The van der Waals surface area contributed by atoms with E-state index in [-0.39, 0.29) is 18.0 Å². The van der Waals surface area contributed by atoms with Gasteiger partial charge in [0, 0.05) is 26.2 Å². The van der Waals surface area contributed by atoms with Crippen LogP contribution < -0.4 is 10.5 Å². The third kappa shape index (κ3) is 3.56. The van der Waals surface area contributed by atoms with Crippen LogP contribution in [0, 0.1) is 15.9 Å². The summed E-state index contributed by atoms with van der Waals surface area (Å²) in [6.45, 7) is 0.742. The summed E-state index contributed by atoms with van der Waals surface area (Å²) in [5.41, 5.74) is 4.82. The summed E-state index contributed by atoms with van der Waals surface area (Å²) in [5, 5.41) is 10.5. The zero-order valence-corrected chi connectivity index (χ0v) is 9.31. The Morgan fingerprint density at radius 3 is 2.76 bits per heavy atom. The van der Waals surface area contributed by atoms with Gasteiger partial charge >= 0.3 is 0 Å². The van der Waals surface area contributed by atoms with Crippen molar-refractivity contribution in [2.45, 2.75) is 6.42 Å². The summed E-state index contributed by atoms with van der Waals surface area (Å²) in [6.07, 6.45) is 0.590. The van der Waals surface area contributed by atoms with E-state index in [1.54, 1.807) is 7.11 Å². The van der Waals surface area contributed by atoms with E-state index in [1.165, 1.54) is 0 Å². The Balaban J connectivity index is 2.74. The maximum atomic E-state index is 13.4. The van der Waals surface area contributed by atoms with Gasteiger partial charge in [-0.2, -0.15) is 0 Å². The molecule has 7 heteroatoms. The Bertz CT molecular complexity index is 412. The third-order valence-electron chi connectivity index (χ3n) is 2.03. The van der Waals surface area contributed by atoms with Gasteiger partial charge in [-0.05, 0) is 0 Å². The lowest BCUT2D eigenvalue weighted by atomic mass is 10.2. The fourth-order valence-electron chi connectivity index (χ4n) is 1.21. The number of methoxy groups -OCH3 is 1. The minimum atomic E-state index is -0.802. The summed E-state index contributed by atoms with van der Waals surface area (Å²) in [5.74, 6) is -0.896. The molecule has 2 N–H and O–H groups in total. The quantitative estimate of drug-likeness (QED) is 0.356. The maximum absolute atomic E-state index is 13.4. The van der Waals surface area contributed by atoms with Crippen LogP contribution in [0.5, 0.6) is 5.75 Å². The van der Waals surface area contributed by atoms with E-state index < -0.39 is 16.4 Å². The van der Waals surface area contributed by atoms with Crippen LogP contribution in [0.25, 0.3) is 0 Å². The molecule has 0 aliphatic rings. The second-order valence-corrected chi connectivity index (χ2v) is 3.29. The number of nitro groups is 1. The number of rotatable bonds is 6. The largest absolute Gasteiger partial charge is 0.490 e. The van der Waals surface area contributed by atoms with Crippen molar-refractivity contribution in [2.24, 2.45) is 0 Å². The first-order valence-electron chi connectivity index (χ1n) is 4.91. The minimum Gasteiger partial charge on any atom is -0.490 e. The zero-order chi connectivity index (χ0) is 12.8. The van der Waals surface area contributed by atoms with Crippen molar-refractivity contribution in [2.75, 3.05) is 26.1 Å². The van der Waals surface area contributed by atoms with Gasteiger partial charge in [0.05, 0.1) is 17.6 Å². The number of ether oxygens (including phenoxy) is 2. The molecule has 0 saturated heterocycles. The molecule has 0 fully saturated rings. The molecule has 0 heterocycles. The second-order valence-electron chi connectivity index (χ2n) is 3.29. The standard InChI is InChI=1S/C10H13FN2O4/c1-16-3-2-4-17-10-6-8(12)9(13(14)15)5-7(10)11/h5-6H,2-4,12H2,1H3. The Morgan fingerprint density at radius 2 is 2.18 bits per heavy atom. The van der Waals surface area contributed by atoms with Gasteiger partial charge in [-0.15, -0.1) is 0 Å². The van der Waals surface area contributed by atoms with E-state index in [0.29, 0.717) is 13.0 Å². The van der Waals surface area contributed by atoms with E-state index >= 15 is 0 Å². The van der Waals surface area contributed by atoms with Crippen LogP contribution in [-0.2, 0) is 4.74 Å². The lowest BCUT2D eigenvalue weighted by Crippen LogP contribution is -2.04. The van der Waals surface area contributed by atoms with Crippen molar-refractivity contribution in [3.63, 3.8) is 0 Å². The molecule has 0 unspecified atom stereocenters. The summed E-state index contributed by atoms with van der Waals surface area (Å²) < 4.78 is 23.3. The number of nitrogens with zero attached hydrogens (tertiary/aromatic N) is 1. The van der Waals surface area contributed by atoms with Crippen LogP contribution in [0.15, 0.2) is 12.1 Å². The van der Waals surface area contributed by atoms with Crippen LogP contribution in [0.1, 0.15) is 6.42 Å². The van der Waals surface area contributed by atoms with Crippen molar-refractivity contribution >= 4 is 11.4 Å². The number of benzene rings is 1. The summed E-state index contributed by atoms with van der Waals surface area (Å²) in [7, 11) is 1.55. The van der Waals surface area contributed by atoms with Gasteiger partial charge in [0.1, 0.15) is 5.69 Å². The molecule has 0 aliphatic heterocycles. The molecule has 1 rings (SSSR count). The van der Waals surface area contributed by atoms with Crippen LogP contribution >= 0.6 is 0 Å². The summed E-state index contributed by atoms with van der Waals surface area (Å²) in [4.78, 5) is 9.74. The molecular formula is C10H13FN2O4. The third-order valence-corrected chi connectivity index (χ3v) is 2.03. The fourth-order valence-corrected chi connectivity index (χ4v) is 1.21. The van der Waals surface area contributed by atoms with E-state index in [4.69, 9.17) is 15.2 Å². The highest BCUT2D eigenvalue weighted by atomic mass is 19.1. The molecule has 0 aromatic heterocycles. The minimum absolute atomic E-state index is 0.0933. The smallest absolute Gasteiger partial charge is 0.295 e. The van der Waals surface area contributed by atoms with Gasteiger partial charge in [-0.3, -0.25) is 10.1 Å². The van der Waals surface area contributed by atoms with E-state index in [1.807, 2.05) is 0 Å². The van der Waals surface area contributed by atoms with Crippen LogP contribution in [0.2, 0.25) is 0 Å². The first-order valence-corrected chi connectivity index (χ1v) is 4.91. The zero-order valence-electron chi connectivity index (χ0n) is 9.31. The first kappa shape index (κ1) is 13.2. The molecule has 6 nitrogen and oxygen atoms in total. The van der Waals surface area contributed by atoms with Crippen LogP contribution in [0.4, 0.5) is 15.8 Å². The summed E-state index contributed by atoms with van der Waals surface area (Å²) >= 11 is 0. The fraction of sp³-hybridized carbons (Fsp3) is 0.400. The number of nitro benzene ring substituents is 1. The Kier molecular flexibility index (Phi) is 4.65. The SMILES string of the molecule is COCCCOc1cc(N)c([N+](=O)[O-])cc1F. The topological polar surface area (TPSA) is 87.6 Å². The number of hydrogen-bond donors (Lipinski definition) is 1. The lowest BCUT2D eigenvalue weighted by Gasteiger charge is -2.07. The molecule has 0 radical (unpaired) electrons. The number of halogens is 1. The van der Waals surface area contributed by atoms with Crippen LogP contribution in [0.3, 0.4) is 0 Å². The number of anilines is 1. The van der Waals surface area contributed by atoms with Crippen molar-refractivity contribution < 1.29 is 18.8 Å². The van der Waals surface area contributed by atoms with Crippen molar-refractivity contribution in [1.82, 2.24) is 0 Å². The lowest BCUT2D eigenvalue weighted by molar-refractivity contribution is -0.384. The Hall–Kier alpha value is -1.89. The normalized spacial score (nSPS) is 10.2. The van der Waals surface area contributed by atoms with Gasteiger partial charge in [0.25, 0.3) is 5.69 Å². The van der Waals surface area contributed by atoms with E-state index in [9.17, 15) is 14.5 Å². The van der Waals surface area contributed by atoms with Crippen molar-refractivity contribution in [3.8, 4) is 5.75 Å². The molecule has 0 amide bonds. The molecular weight excluding hydrogens is 231 g/mol. The molecule has 1 aromatic rings. The van der Waals surface area contributed by atoms with Crippen molar-refractivity contribution in [3.05, 3.63) is 28.1 Å². The highest BCUT2D eigenvalue weighted by molar-refractivity contribution is 5.61. The predicted molar refractivity (Wildman–Crippen MR) is 59.5 cm³/mol. The molecule has 0 bridgehead atoms. The molecule has 94 valence electrons. The van der Waals surface area contributed by atoms with Gasteiger partial charge in [-0.25, -0.2) is 4.39 Å². The Morgan fingerprint density at radius 1 is 1.47 bits per heavy atom. The predicted octanol–water partition coefficient (Wildman–Crippen LogP) is 1.73. The van der Waals surface area contributed by atoms with Gasteiger partial charge in [-0.1, -0.05) is 0 Å². The molecule has 0 saturated carbocycles. The molecule has 0 spiro atoms.